The van der Waals surface area contributed by atoms with E-state index in [0.29, 0.717) is 18.0 Å². The predicted molar refractivity (Wildman–Crippen MR) is 133 cm³/mol. The Morgan fingerprint density at radius 1 is 0.800 bits per heavy atom. The van der Waals surface area contributed by atoms with Crippen LogP contribution in [0.4, 0.5) is 0 Å². The summed E-state index contributed by atoms with van der Waals surface area (Å²) in [6.07, 6.45) is 2.63. The monoisotopic (exact) mass is 508 g/mol. The highest BCUT2D eigenvalue weighted by Crippen LogP contribution is 2.42. The number of benzene rings is 3. The predicted octanol–water partition coefficient (Wildman–Crippen LogP) is 5.68. The van der Waals surface area contributed by atoms with Gasteiger partial charge >= 0.3 is 0 Å². The van der Waals surface area contributed by atoms with Crippen molar-refractivity contribution in [3.63, 3.8) is 0 Å². The second kappa shape index (κ2) is 9.21. The van der Waals surface area contributed by atoms with Gasteiger partial charge in [0.15, 0.2) is 0 Å². The maximum absolute atomic E-state index is 4.03. The van der Waals surface area contributed by atoms with Crippen LogP contribution in [0.25, 0.3) is 0 Å². The summed E-state index contributed by atoms with van der Waals surface area (Å²) in [4.78, 5) is 2.76. The normalized spacial score (nSPS) is 25.5. The third-order valence-corrected chi connectivity index (χ3v) is 8.07. The van der Waals surface area contributed by atoms with E-state index in [1.165, 1.54) is 46.2 Å². The Morgan fingerprint density at radius 3 is 1.97 bits per heavy atom. The average Bonchev–Trinajstić information content (AvgIpc) is 2.81. The van der Waals surface area contributed by atoms with E-state index in [2.05, 4.69) is 118 Å². The first-order valence-corrected chi connectivity index (χ1v) is 12.2. The second-order valence-electron chi connectivity index (χ2n) is 8.66. The Balaban J connectivity index is 1.50. The van der Waals surface area contributed by atoms with Crippen molar-refractivity contribution in [2.24, 2.45) is 5.92 Å². The minimum atomic E-state index is 0.392. The minimum absolute atomic E-state index is 0.392. The Bertz CT molecular complexity index is 911. The van der Waals surface area contributed by atoms with Gasteiger partial charge in [-0.15, -0.1) is 0 Å². The van der Waals surface area contributed by atoms with Crippen molar-refractivity contribution >= 4 is 22.6 Å². The number of nitrogens with zero attached hydrogens (tertiary/aromatic N) is 1. The van der Waals surface area contributed by atoms with Crippen LogP contribution in [0.15, 0.2) is 84.9 Å². The maximum atomic E-state index is 4.03. The summed E-state index contributed by atoms with van der Waals surface area (Å²) < 4.78 is 1.35. The van der Waals surface area contributed by atoms with Crippen LogP contribution in [0.2, 0.25) is 0 Å². The van der Waals surface area contributed by atoms with Gasteiger partial charge < -0.3 is 5.32 Å². The Labute approximate surface area is 193 Å². The summed E-state index contributed by atoms with van der Waals surface area (Å²) in [5, 5.41) is 4.03. The van der Waals surface area contributed by atoms with Crippen LogP contribution in [0.1, 0.15) is 35.4 Å². The summed E-state index contributed by atoms with van der Waals surface area (Å²) in [6, 6.07) is 32.1. The van der Waals surface area contributed by atoms with Gasteiger partial charge in [0.2, 0.25) is 0 Å². The molecular weight excluding hydrogens is 479 g/mol. The van der Waals surface area contributed by atoms with Crippen molar-refractivity contribution in [1.82, 2.24) is 10.2 Å². The lowest BCUT2D eigenvalue weighted by atomic mass is 9.70. The van der Waals surface area contributed by atoms with Gasteiger partial charge in [-0.3, -0.25) is 4.90 Å². The molecule has 0 spiro atoms. The fourth-order valence-corrected chi connectivity index (χ4v) is 6.14. The molecule has 2 bridgehead atoms. The van der Waals surface area contributed by atoms with Crippen molar-refractivity contribution in [2.75, 3.05) is 13.1 Å². The van der Waals surface area contributed by atoms with E-state index in [-0.39, 0.29) is 0 Å². The van der Waals surface area contributed by atoms with Crippen LogP contribution >= 0.6 is 22.6 Å². The van der Waals surface area contributed by atoms with E-state index in [0.717, 1.165) is 12.5 Å². The Hall–Kier alpha value is -1.69. The molecule has 30 heavy (non-hydrogen) atoms. The van der Waals surface area contributed by atoms with Gasteiger partial charge in [-0.25, -0.2) is 0 Å². The fourth-order valence-electron chi connectivity index (χ4n) is 5.57. The van der Waals surface area contributed by atoms with Gasteiger partial charge in [-0.1, -0.05) is 78.9 Å². The molecule has 3 aliphatic rings. The molecule has 0 amide bonds. The van der Waals surface area contributed by atoms with Crippen LogP contribution in [-0.4, -0.2) is 30.1 Å². The van der Waals surface area contributed by atoms with E-state index >= 15 is 0 Å². The van der Waals surface area contributed by atoms with Crippen LogP contribution in [0, 0.1) is 9.49 Å². The van der Waals surface area contributed by atoms with E-state index in [1.54, 1.807) is 0 Å². The summed E-state index contributed by atoms with van der Waals surface area (Å²) in [7, 11) is 0. The van der Waals surface area contributed by atoms with Gasteiger partial charge in [0.05, 0.1) is 0 Å². The molecule has 0 aromatic heterocycles. The van der Waals surface area contributed by atoms with E-state index in [9.17, 15) is 0 Å². The molecule has 3 aliphatic heterocycles. The van der Waals surface area contributed by atoms with E-state index in [4.69, 9.17) is 0 Å². The number of hydrogen-bond donors (Lipinski definition) is 1. The zero-order valence-electron chi connectivity index (χ0n) is 17.3. The molecule has 2 nitrogen and oxygen atoms in total. The van der Waals surface area contributed by atoms with Crippen molar-refractivity contribution < 1.29 is 0 Å². The fraction of sp³-hybridized carbons (Fsp3) is 0.333. The quantitative estimate of drug-likeness (QED) is 0.432. The highest BCUT2D eigenvalue weighted by Gasteiger charge is 2.46. The number of fused-ring (bicyclic) bond motifs is 3. The smallest absolute Gasteiger partial charge is 0.0361 e. The lowest BCUT2D eigenvalue weighted by molar-refractivity contribution is 0.00466. The minimum Gasteiger partial charge on any atom is -0.308 e. The Morgan fingerprint density at radius 2 is 1.37 bits per heavy atom. The third-order valence-electron chi connectivity index (χ3n) is 7.02. The molecule has 3 aromatic carbocycles. The topological polar surface area (TPSA) is 15.3 Å². The van der Waals surface area contributed by atoms with Gasteiger partial charge in [-0.05, 0) is 77.2 Å². The van der Waals surface area contributed by atoms with Gasteiger partial charge in [0.25, 0.3) is 0 Å². The molecule has 1 N–H and O–H groups in total. The second-order valence-corrected chi connectivity index (χ2v) is 9.82. The highest BCUT2D eigenvalue weighted by molar-refractivity contribution is 14.1. The molecule has 3 fully saturated rings. The molecule has 0 radical (unpaired) electrons. The molecule has 0 unspecified atom stereocenters. The molecule has 3 heterocycles. The zero-order valence-corrected chi connectivity index (χ0v) is 19.4. The lowest BCUT2D eigenvalue weighted by Crippen LogP contribution is -2.64. The molecule has 0 aliphatic carbocycles. The average molecular weight is 508 g/mol. The number of piperidine rings is 3. The van der Waals surface area contributed by atoms with Crippen LogP contribution in [0.5, 0.6) is 0 Å². The Kier molecular flexibility index (Phi) is 6.21. The van der Waals surface area contributed by atoms with Crippen LogP contribution < -0.4 is 5.32 Å². The largest absolute Gasteiger partial charge is 0.308 e. The lowest BCUT2D eigenvalue weighted by Gasteiger charge is -2.54. The molecule has 3 heteroatoms. The molecular formula is C27H29IN2. The first-order chi connectivity index (χ1) is 14.8. The van der Waals surface area contributed by atoms with Crippen molar-refractivity contribution in [2.45, 2.75) is 37.4 Å². The summed E-state index contributed by atoms with van der Waals surface area (Å²) in [6.45, 7) is 3.40. The maximum Gasteiger partial charge on any atom is 0.0361 e. The number of rotatable bonds is 6. The van der Waals surface area contributed by atoms with Gasteiger partial charge in [-0.2, -0.15) is 0 Å². The third kappa shape index (κ3) is 4.08. The van der Waals surface area contributed by atoms with Crippen LogP contribution in [-0.2, 0) is 6.54 Å². The molecule has 154 valence electrons. The zero-order chi connectivity index (χ0) is 20.3. The van der Waals surface area contributed by atoms with Gasteiger partial charge in [0, 0.05) is 28.1 Å². The first kappa shape index (κ1) is 20.2. The SMILES string of the molecule is Ic1ccccc1CN[C@H]1C2CCN(CC2)[C@H]1C(c1ccccc1)c1ccccc1. The standard InChI is InChI=1S/C27H29IN2/c28-24-14-8-7-13-23(24)19-29-26-22-15-17-30(18-16-22)27(26)25(20-9-3-1-4-10-20)21-11-5-2-6-12-21/h1-14,22,25-27,29H,15-19H2/t26-,27-/m0/s1. The summed E-state index contributed by atoms with van der Waals surface area (Å²) in [5.41, 5.74) is 4.27. The number of nitrogens with one attached hydrogen (secondary N) is 1. The van der Waals surface area contributed by atoms with Crippen molar-refractivity contribution in [1.29, 1.82) is 0 Å². The molecule has 3 saturated heterocycles. The van der Waals surface area contributed by atoms with E-state index in [1.807, 2.05) is 0 Å². The number of hydrogen-bond acceptors (Lipinski definition) is 2. The molecule has 6 rings (SSSR count). The molecule has 3 aromatic rings. The van der Waals surface area contributed by atoms with E-state index < -0.39 is 0 Å². The van der Waals surface area contributed by atoms with Crippen molar-refractivity contribution in [3.8, 4) is 0 Å². The van der Waals surface area contributed by atoms with Crippen LogP contribution in [0.3, 0.4) is 0 Å². The summed E-state index contributed by atoms with van der Waals surface area (Å²) >= 11 is 2.46. The van der Waals surface area contributed by atoms with Gasteiger partial charge in [0.1, 0.15) is 0 Å². The first-order valence-electron chi connectivity index (χ1n) is 11.1. The summed E-state index contributed by atoms with van der Waals surface area (Å²) in [5.74, 6) is 1.15. The molecule has 0 saturated carbocycles. The van der Waals surface area contributed by atoms with Crippen molar-refractivity contribution in [3.05, 3.63) is 105 Å². The molecule has 2 atom stereocenters. The highest BCUT2D eigenvalue weighted by atomic mass is 127. The number of halogens is 1.